The number of rotatable bonds is 3. The average molecular weight is 186 g/mol. The summed E-state index contributed by atoms with van der Waals surface area (Å²) in [5.74, 6) is 0. The maximum atomic E-state index is 9.22. The molecule has 78 valence electrons. The van der Waals surface area contributed by atoms with Crippen LogP contribution in [0.1, 0.15) is 20.8 Å². The van der Waals surface area contributed by atoms with E-state index in [1.165, 1.54) is 0 Å². The zero-order valence-electron chi connectivity index (χ0n) is 9.03. The summed E-state index contributed by atoms with van der Waals surface area (Å²) in [6, 6.07) is 0.953. The Morgan fingerprint density at radius 2 is 2.08 bits per heavy atom. The zero-order chi connectivity index (χ0) is 9.84. The molecule has 1 atom stereocenters. The highest BCUT2D eigenvalue weighted by Crippen LogP contribution is 2.11. The van der Waals surface area contributed by atoms with Gasteiger partial charge < -0.3 is 5.11 Å². The molecule has 13 heavy (non-hydrogen) atoms. The van der Waals surface area contributed by atoms with Crippen molar-refractivity contribution in [1.29, 1.82) is 0 Å². The van der Waals surface area contributed by atoms with Crippen molar-refractivity contribution in [2.75, 3.05) is 32.8 Å². The summed E-state index contributed by atoms with van der Waals surface area (Å²) in [4.78, 5) is 4.80. The van der Waals surface area contributed by atoms with Crippen LogP contribution in [0, 0.1) is 0 Å². The van der Waals surface area contributed by atoms with Crippen molar-refractivity contribution in [1.82, 2.24) is 9.80 Å². The topological polar surface area (TPSA) is 26.7 Å². The SMILES string of the molecule is CCN1CCN(C(C)C)C[C@@H]1CO. The molecule has 1 saturated heterocycles. The van der Waals surface area contributed by atoms with E-state index in [9.17, 15) is 5.11 Å². The third-order valence-electron chi connectivity index (χ3n) is 2.98. The molecule has 0 aliphatic carbocycles. The Balaban J connectivity index is 2.47. The summed E-state index contributed by atoms with van der Waals surface area (Å²) in [5, 5.41) is 9.22. The van der Waals surface area contributed by atoms with Gasteiger partial charge in [0.05, 0.1) is 6.61 Å². The molecule has 0 aromatic rings. The lowest BCUT2D eigenvalue weighted by Gasteiger charge is -2.41. The Morgan fingerprint density at radius 1 is 1.38 bits per heavy atom. The minimum absolute atomic E-state index is 0.289. The van der Waals surface area contributed by atoms with E-state index in [0.29, 0.717) is 12.1 Å². The Labute approximate surface area is 81.3 Å². The fourth-order valence-electron chi connectivity index (χ4n) is 1.98. The Kier molecular flexibility index (Phi) is 4.16. The van der Waals surface area contributed by atoms with Crippen molar-refractivity contribution in [3.8, 4) is 0 Å². The number of likely N-dealkylation sites (N-methyl/N-ethyl adjacent to an activating group) is 1. The summed E-state index contributed by atoms with van der Waals surface area (Å²) in [6.07, 6.45) is 0. The molecule has 0 saturated carbocycles. The van der Waals surface area contributed by atoms with E-state index in [1.54, 1.807) is 0 Å². The van der Waals surface area contributed by atoms with Crippen LogP contribution in [0.5, 0.6) is 0 Å². The summed E-state index contributed by atoms with van der Waals surface area (Å²) in [6.45, 7) is 11.2. The monoisotopic (exact) mass is 186 g/mol. The Bertz CT molecular complexity index is 150. The number of aliphatic hydroxyl groups excluding tert-OH is 1. The summed E-state index contributed by atoms with van der Waals surface area (Å²) < 4.78 is 0. The molecule has 0 aromatic carbocycles. The van der Waals surface area contributed by atoms with Crippen molar-refractivity contribution in [3.05, 3.63) is 0 Å². The molecule has 3 nitrogen and oxygen atoms in total. The molecule has 1 aliphatic rings. The van der Waals surface area contributed by atoms with Gasteiger partial charge in [0, 0.05) is 31.7 Å². The van der Waals surface area contributed by atoms with Gasteiger partial charge in [0.1, 0.15) is 0 Å². The van der Waals surface area contributed by atoms with Crippen LogP contribution in [0.25, 0.3) is 0 Å². The summed E-state index contributed by atoms with van der Waals surface area (Å²) >= 11 is 0. The highest BCUT2D eigenvalue weighted by Gasteiger charge is 2.26. The lowest BCUT2D eigenvalue weighted by atomic mass is 10.1. The van der Waals surface area contributed by atoms with Gasteiger partial charge in [-0.15, -0.1) is 0 Å². The summed E-state index contributed by atoms with van der Waals surface area (Å²) in [7, 11) is 0. The quantitative estimate of drug-likeness (QED) is 0.691. The van der Waals surface area contributed by atoms with Gasteiger partial charge in [-0.2, -0.15) is 0 Å². The number of piperazine rings is 1. The van der Waals surface area contributed by atoms with Gasteiger partial charge >= 0.3 is 0 Å². The fraction of sp³-hybridized carbons (Fsp3) is 1.00. The van der Waals surface area contributed by atoms with Crippen LogP contribution >= 0.6 is 0 Å². The second-order valence-corrected chi connectivity index (χ2v) is 4.05. The zero-order valence-corrected chi connectivity index (χ0v) is 9.03. The largest absolute Gasteiger partial charge is 0.395 e. The van der Waals surface area contributed by atoms with Gasteiger partial charge in [0.25, 0.3) is 0 Å². The normalized spacial score (nSPS) is 27.0. The highest BCUT2D eigenvalue weighted by molar-refractivity contribution is 4.82. The van der Waals surface area contributed by atoms with E-state index >= 15 is 0 Å². The Morgan fingerprint density at radius 3 is 2.54 bits per heavy atom. The second kappa shape index (κ2) is 4.94. The van der Waals surface area contributed by atoms with E-state index in [2.05, 4.69) is 30.6 Å². The van der Waals surface area contributed by atoms with Crippen molar-refractivity contribution < 1.29 is 5.11 Å². The van der Waals surface area contributed by atoms with Crippen LogP contribution in [0.3, 0.4) is 0 Å². The standard InChI is InChI=1S/C10H22N2O/c1-4-11-5-6-12(9(2)3)7-10(11)8-13/h9-10,13H,4-8H2,1-3H3/t10-/m1/s1. The van der Waals surface area contributed by atoms with Crippen LogP contribution in [-0.4, -0.2) is 59.8 Å². The smallest absolute Gasteiger partial charge is 0.0599 e. The second-order valence-electron chi connectivity index (χ2n) is 4.05. The number of hydrogen-bond donors (Lipinski definition) is 1. The molecule has 0 radical (unpaired) electrons. The molecular weight excluding hydrogens is 164 g/mol. The predicted octanol–water partition coefficient (Wildman–Crippen LogP) is 0.393. The van der Waals surface area contributed by atoms with E-state index in [0.717, 1.165) is 26.2 Å². The van der Waals surface area contributed by atoms with Gasteiger partial charge in [-0.3, -0.25) is 9.80 Å². The lowest BCUT2D eigenvalue weighted by Crippen LogP contribution is -2.56. The van der Waals surface area contributed by atoms with E-state index in [4.69, 9.17) is 0 Å². The number of nitrogens with zero attached hydrogens (tertiary/aromatic N) is 2. The fourth-order valence-corrected chi connectivity index (χ4v) is 1.98. The van der Waals surface area contributed by atoms with Crippen molar-refractivity contribution >= 4 is 0 Å². The van der Waals surface area contributed by atoms with Crippen LogP contribution in [0.15, 0.2) is 0 Å². The van der Waals surface area contributed by atoms with Gasteiger partial charge in [-0.1, -0.05) is 6.92 Å². The minimum Gasteiger partial charge on any atom is -0.395 e. The molecule has 1 heterocycles. The minimum atomic E-state index is 0.289. The molecule has 0 aromatic heterocycles. The predicted molar refractivity (Wildman–Crippen MR) is 54.8 cm³/mol. The molecule has 1 fully saturated rings. The molecule has 0 unspecified atom stereocenters. The van der Waals surface area contributed by atoms with E-state index in [1.807, 2.05) is 0 Å². The van der Waals surface area contributed by atoms with Gasteiger partial charge in [0.15, 0.2) is 0 Å². The molecule has 1 rings (SSSR count). The molecule has 1 aliphatic heterocycles. The number of hydrogen-bond acceptors (Lipinski definition) is 3. The first kappa shape index (κ1) is 11.0. The average Bonchev–Trinajstić information content (AvgIpc) is 2.16. The highest BCUT2D eigenvalue weighted by atomic mass is 16.3. The molecule has 0 spiro atoms. The first-order valence-electron chi connectivity index (χ1n) is 5.28. The molecule has 1 N–H and O–H groups in total. The lowest BCUT2D eigenvalue weighted by molar-refractivity contribution is 0.0303. The maximum absolute atomic E-state index is 9.22. The van der Waals surface area contributed by atoms with Crippen molar-refractivity contribution in [2.24, 2.45) is 0 Å². The van der Waals surface area contributed by atoms with Crippen LogP contribution in [-0.2, 0) is 0 Å². The molecular formula is C10H22N2O. The van der Waals surface area contributed by atoms with Gasteiger partial charge in [-0.05, 0) is 20.4 Å². The third-order valence-corrected chi connectivity index (χ3v) is 2.98. The van der Waals surface area contributed by atoms with Crippen molar-refractivity contribution in [2.45, 2.75) is 32.9 Å². The van der Waals surface area contributed by atoms with Crippen LogP contribution in [0.2, 0.25) is 0 Å². The third kappa shape index (κ3) is 2.66. The van der Waals surface area contributed by atoms with Gasteiger partial charge in [-0.25, -0.2) is 0 Å². The van der Waals surface area contributed by atoms with E-state index in [-0.39, 0.29) is 6.61 Å². The van der Waals surface area contributed by atoms with Crippen LogP contribution < -0.4 is 0 Å². The molecule has 0 amide bonds. The summed E-state index contributed by atoms with van der Waals surface area (Å²) in [5.41, 5.74) is 0. The maximum Gasteiger partial charge on any atom is 0.0599 e. The Hall–Kier alpha value is -0.120. The molecule has 0 bridgehead atoms. The van der Waals surface area contributed by atoms with Crippen LogP contribution in [0.4, 0.5) is 0 Å². The number of aliphatic hydroxyl groups is 1. The molecule has 3 heteroatoms. The van der Waals surface area contributed by atoms with E-state index < -0.39 is 0 Å². The van der Waals surface area contributed by atoms with Gasteiger partial charge in [0.2, 0.25) is 0 Å². The first-order chi connectivity index (χ1) is 6.19. The first-order valence-corrected chi connectivity index (χ1v) is 5.28. The van der Waals surface area contributed by atoms with Crippen molar-refractivity contribution in [3.63, 3.8) is 0 Å².